The molecule has 0 bridgehead atoms. The van der Waals surface area contributed by atoms with E-state index >= 15 is 0 Å². The highest BCUT2D eigenvalue weighted by molar-refractivity contribution is 5.97. The maximum Gasteiger partial charge on any atom is 0.328 e. The number of primary amides is 1. The SMILES string of the molecule is NC(=O)CC(NC(=O)C(N)CCC(=O)O)C(=O)NC(CC(=O)O)C(=O)NC(CO)C(=O)O. The molecular formula is C16H25N5O11. The number of carbonyl (C=O) groups is 7. The van der Waals surface area contributed by atoms with Gasteiger partial charge in [-0.15, -0.1) is 0 Å². The second-order valence-electron chi connectivity index (χ2n) is 6.51. The summed E-state index contributed by atoms with van der Waals surface area (Å²) in [5, 5.41) is 41.2. The zero-order valence-electron chi connectivity index (χ0n) is 16.6. The quantitative estimate of drug-likeness (QED) is 0.110. The van der Waals surface area contributed by atoms with Gasteiger partial charge in [-0.3, -0.25) is 28.8 Å². The maximum absolute atomic E-state index is 12.5. The summed E-state index contributed by atoms with van der Waals surface area (Å²) in [4.78, 5) is 80.5. The number of aliphatic hydroxyl groups excluding tert-OH is 1. The number of amides is 4. The van der Waals surface area contributed by atoms with E-state index in [0.29, 0.717) is 0 Å². The molecule has 16 nitrogen and oxygen atoms in total. The topological polar surface area (TPSA) is 289 Å². The third-order valence-corrected chi connectivity index (χ3v) is 3.85. The monoisotopic (exact) mass is 463 g/mol. The molecule has 0 aliphatic carbocycles. The van der Waals surface area contributed by atoms with Crippen LogP contribution >= 0.6 is 0 Å². The van der Waals surface area contributed by atoms with Crippen molar-refractivity contribution >= 4 is 41.5 Å². The minimum absolute atomic E-state index is 0.298. The fourth-order valence-electron chi connectivity index (χ4n) is 2.21. The summed E-state index contributed by atoms with van der Waals surface area (Å²) < 4.78 is 0. The summed E-state index contributed by atoms with van der Waals surface area (Å²) in [6.45, 7) is -1.02. The van der Waals surface area contributed by atoms with E-state index in [1.54, 1.807) is 0 Å². The van der Waals surface area contributed by atoms with Gasteiger partial charge in [-0.05, 0) is 6.42 Å². The number of hydrogen-bond acceptors (Lipinski definition) is 9. The molecule has 4 amide bonds. The maximum atomic E-state index is 12.5. The summed E-state index contributed by atoms with van der Waals surface area (Å²) in [6, 6.07) is -6.70. The van der Waals surface area contributed by atoms with Crippen LogP contribution in [0, 0.1) is 0 Å². The molecule has 0 heterocycles. The summed E-state index contributed by atoms with van der Waals surface area (Å²) in [7, 11) is 0. The van der Waals surface area contributed by atoms with Gasteiger partial charge >= 0.3 is 17.9 Å². The predicted molar refractivity (Wildman–Crippen MR) is 101 cm³/mol. The second kappa shape index (κ2) is 13.5. The Kier molecular flexibility index (Phi) is 11.9. The van der Waals surface area contributed by atoms with Crippen LogP contribution in [0.5, 0.6) is 0 Å². The normalized spacial score (nSPS) is 14.2. The van der Waals surface area contributed by atoms with Gasteiger partial charge in [-0.25, -0.2) is 4.79 Å². The number of carboxylic acid groups (broad SMARTS) is 3. The molecular weight excluding hydrogens is 438 g/mol. The van der Waals surface area contributed by atoms with Crippen molar-refractivity contribution in [2.45, 2.75) is 49.9 Å². The molecule has 0 fully saturated rings. The third kappa shape index (κ3) is 10.8. The van der Waals surface area contributed by atoms with Crippen LogP contribution in [0.3, 0.4) is 0 Å². The Morgan fingerprint density at radius 3 is 1.59 bits per heavy atom. The largest absolute Gasteiger partial charge is 0.481 e. The fourth-order valence-corrected chi connectivity index (χ4v) is 2.21. The first-order chi connectivity index (χ1) is 14.8. The standard InChI is InChI=1S/C16H25N5O11/c17-6(1-2-11(24)25)13(28)19-7(3-10(18)23)14(29)20-8(4-12(26)27)15(30)21-9(5-22)16(31)32/h6-9,22H,1-5,17H2,(H2,18,23)(H,19,28)(H,20,29)(H,21,30)(H,24,25)(H,26,27)(H,31,32). The van der Waals surface area contributed by atoms with Gasteiger partial charge in [0.15, 0.2) is 0 Å². The van der Waals surface area contributed by atoms with Crippen molar-refractivity contribution in [3.8, 4) is 0 Å². The highest BCUT2D eigenvalue weighted by Crippen LogP contribution is 2.01. The lowest BCUT2D eigenvalue weighted by molar-refractivity contribution is -0.144. The zero-order valence-corrected chi connectivity index (χ0v) is 16.6. The summed E-state index contributed by atoms with van der Waals surface area (Å²) in [5.74, 6) is -9.00. The van der Waals surface area contributed by atoms with Crippen LogP contribution < -0.4 is 27.4 Å². The lowest BCUT2D eigenvalue weighted by Gasteiger charge is -2.23. The van der Waals surface area contributed by atoms with Gasteiger partial charge in [0.25, 0.3) is 0 Å². The Labute approximate surface area is 180 Å². The van der Waals surface area contributed by atoms with Crippen molar-refractivity contribution in [3.63, 3.8) is 0 Å². The van der Waals surface area contributed by atoms with E-state index < -0.39 is 91.6 Å². The molecule has 0 aliphatic heterocycles. The fraction of sp³-hybridized carbons (Fsp3) is 0.562. The van der Waals surface area contributed by atoms with E-state index in [0.717, 1.165) is 0 Å². The van der Waals surface area contributed by atoms with E-state index in [-0.39, 0.29) is 6.42 Å². The average molecular weight is 463 g/mol. The molecule has 0 aliphatic rings. The van der Waals surface area contributed by atoms with Crippen LogP contribution in [0.25, 0.3) is 0 Å². The van der Waals surface area contributed by atoms with Gasteiger partial charge in [0, 0.05) is 6.42 Å². The van der Waals surface area contributed by atoms with E-state index in [9.17, 15) is 33.6 Å². The molecule has 11 N–H and O–H groups in total. The highest BCUT2D eigenvalue weighted by atomic mass is 16.4. The number of aliphatic hydroxyl groups is 1. The molecule has 32 heavy (non-hydrogen) atoms. The summed E-state index contributed by atoms with van der Waals surface area (Å²) in [5.41, 5.74) is 10.5. The second-order valence-corrected chi connectivity index (χ2v) is 6.51. The van der Waals surface area contributed by atoms with Crippen molar-refractivity contribution in [2.24, 2.45) is 11.5 Å². The van der Waals surface area contributed by atoms with Gasteiger partial charge in [-0.1, -0.05) is 0 Å². The van der Waals surface area contributed by atoms with E-state index in [4.69, 9.17) is 31.9 Å². The summed E-state index contributed by atoms with van der Waals surface area (Å²) >= 11 is 0. The van der Waals surface area contributed by atoms with Crippen molar-refractivity contribution in [2.75, 3.05) is 6.61 Å². The molecule has 0 aromatic carbocycles. The van der Waals surface area contributed by atoms with Gasteiger partial charge in [-0.2, -0.15) is 0 Å². The Morgan fingerprint density at radius 1 is 0.719 bits per heavy atom. The molecule has 4 atom stereocenters. The minimum atomic E-state index is -1.85. The third-order valence-electron chi connectivity index (χ3n) is 3.85. The number of nitrogens with one attached hydrogen (secondary N) is 3. The van der Waals surface area contributed by atoms with Crippen LogP contribution in [-0.4, -0.2) is 92.7 Å². The number of rotatable bonds is 15. The van der Waals surface area contributed by atoms with Crippen molar-refractivity contribution < 1.29 is 54.0 Å². The van der Waals surface area contributed by atoms with Gasteiger partial charge < -0.3 is 47.8 Å². The molecule has 180 valence electrons. The Bertz CT molecular complexity index is 757. The number of carboxylic acids is 3. The molecule has 16 heteroatoms. The summed E-state index contributed by atoms with van der Waals surface area (Å²) in [6.07, 6.45) is -2.55. The molecule has 4 unspecified atom stereocenters. The molecule has 0 radical (unpaired) electrons. The number of hydrogen-bond donors (Lipinski definition) is 9. The van der Waals surface area contributed by atoms with Crippen LogP contribution in [0.4, 0.5) is 0 Å². The van der Waals surface area contributed by atoms with Gasteiger partial charge in [0.2, 0.25) is 23.6 Å². The van der Waals surface area contributed by atoms with Crippen LogP contribution in [0.15, 0.2) is 0 Å². The number of carbonyl (C=O) groups excluding carboxylic acids is 4. The Hall–Kier alpha value is -3.79. The van der Waals surface area contributed by atoms with Gasteiger partial charge in [0.1, 0.15) is 18.1 Å². The molecule has 0 aromatic rings. The molecule has 0 saturated carbocycles. The Balaban J connectivity index is 5.43. The van der Waals surface area contributed by atoms with E-state index in [2.05, 4.69) is 5.32 Å². The first kappa shape index (κ1) is 28.2. The lowest BCUT2D eigenvalue weighted by Crippen LogP contribution is -2.58. The van der Waals surface area contributed by atoms with E-state index in [1.807, 2.05) is 10.6 Å². The molecule has 0 aromatic heterocycles. The van der Waals surface area contributed by atoms with Crippen molar-refractivity contribution in [1.29, 1.82) is 0 Å². The predicted octanol–water partition coefficient (Wildman–Crippen LogP) is -4.94. The molecule has 0 spiro atoms. The van der Waals surface area contributed by atoms with Crippen molar-refractivity contribution in [1.82, 2.24) is 16.0 Å². The molecule has 0 rings (SSSR count). The van der Waals surface area contributed by atoms with E-state index in [1.165, 1.54) is 0 Å². The zero-order chi connectivity index (χ0) is 25.0. The number of aliphatic carboxylic acids is 3. The smallest absolute Gasteiger partial charge is 0.328 e. The lowest BCUT2D eigenvalue weighted by atomic mass is 10.1. The van der Waals surface area contributed by atoms with Gasteiger partial charge in [0.05, 0.1) is 25.5 Å². The van der Waals surface area contributed by atoms with Crippen LogP contribution in [-0.2, 0) is 33.6 Å². The minimum Gasteiger partial charge on any atom is -0.481 e. The van der Waals surface area contributed by atoms with Crippen LogP contribution in [0.2, 0.25) is 0 Å². The first-order valence-electron chi connectivity index (χ1n) is 9.00. The average Bonchev–Trinajstić information content (AvgIpc) is 2.67. The highest BCUT2D eigenvalue weighted by Gasteiger charge is 2.32. The Morgan fingerprint density at radius 2 is 1.19 bits per heavy atom. The van der Waals surface area contributed by atoms with Crippen molar-refractivity contribution in [3.05, 3.63) is 0 Å². The van der Waals surface area contributed by atoms with Crippen LogP contribution in [0.1, 0.15) is 25.7 Å². The molecule has 0 saturated heterocycles. The number of nitrogens with two attached hydrogens (primary N) is 2. The first-order valence-corrected chi connectivity index (χ1v) is 9.00.